The van der Waals surface area contributed by atoms with Crippen molar-refractivity contribution in [1.82, 2.24) is 5.32 Å². The average Bonchev–Trinajstić information content (AvgIpc) is 2.27. The first-order valence-electron chi connectivity index (χ1n) is 5.69. The van der Waals surface area contributed by atoms with Crippen molar-refractivity contribution in [2.24, 2.45) is 0 Å². The molecule has 3 N–H and O–H groups in total. The number of carboxylic acid groups (broad SMARTS) is 1. The van der Waals surface area contributed by atoms with Crippen LogP contribution >= 0.6 is 0 Å². The van der Waals surface area contributed by atoms with Crippen molar-refractivity contribution in [3.05, 3.63) is 35.1 Å². The second-order valence-electron chi connectivity index (χ2n) is 4.86. The Kier molecular flexibility index (Phi) is 4.43. The molecule has 0 saturated heterocycles. The van der Waals surface area contributed by atoms with E-state index in [1.807, 2.05) is 0 Å². The lowest BCUT2D eigenvalue weighted by Crippen LogP contribution is -2.47. The summed E-state index contributed by atoms with van der Waals surface area (Å²) in [5.41, 5.74) is -0.266. The quantitative estimate of drug-likeness (QED) is 0.750. The third-order valence-electron chi connectivity index (χ3n) is 3.07. The van der Waals surface area contributed by atoms with E-state index >= 15 is 0 Å². The van der Waals surface area contributed by atoms with Crippen LogP contribution in [0.4, 0.5) is 4.39 Å². The fourth-order valence-corrected chi connectivity index (χ4v) is 1.31. The molecule has 0 aliphatic carbocycles. The standard InChI is InChI=1S/C13H18FNO3/c1-8(16)13(2,3)15-7-10-6-9(12(17)18)4-5-11(10)14/h4-6,8,15-16H,7H2,1-3H3,(H,17,18). The number of carbonyl (C=O) groups is 1. The molecule has 1 unspecified atom stereocenters. The summed E-state index contributed by atoms with van der Waals surface area (Å²) >= 11 is 0. The van der Waals surface area contributed by atoms with Gasteiger partial charge in [0.2, 0.25) is 0 Å². The highest BCUT2D eigenvalue weighted by atomic mass is 19.1. The van der Waals surface area contributed by atoms with Crippen molar-refractivity contribution in [2.45, 2.75) is 39.0 Å². The molecule has 1 aromatic rings. The summed E-state index contributed by atoms with van der Waals surface area (Å²) in [6.45, 7) is 5.37. The van der Waals surface area contributed by atoms with Crippen molar-refractivity contribution >= 4 is 5.97 Å². The zero-order chi connectivity index (χ0) is 13.9. The second-order valence-corrected chi connectivity index (χ2v) is 4.86. The van der Waals surface area contributed by atoms with Crippen molar-refractivity contribution in [2.75, 3.05) is 0 Å². The first-order valence-corrected chi connectivity index (χ1v) is 5.69. The van der Waals surface area contributed by atoms with Gasteiger partial charge in [0.1, 0.15) is 5.82 Å². The highest BCUT2D eigenvalue weighted by molar-refractivity contribution is 5.87. The molecule has 1 rings (SSSR count). The van der Waals surface area contributed by atoms with Crippen LogP contribution in [0.25, 0.3) is 0 Å². The van der Waals surface area contributed by atoms with E-state index in [1.165, 1.54) is 12.1 Å². The summed E-state index contributed by atoms with van der Waals surface area (Å²) in [4.78, 5) is 10.8. The van der Waals surface area contributed by atoms with Crippen LogP contribution in [0.15, 0.2) is 18.2 Å². The molecule has 1 aromatic carbocycles. The minimum absolute atomic E-state index is 0.0445. The van der Waals surface area contributed by atoms with Gasteiger partial charge in [0.05, 0.1) is 11.7 Å². The average molecular weight is 255 g/mol. The molecule has 4 nitrogen and oxygen atoms in total. The first kappa shape index (κ1) is 14.6. The minimum Gasteiger partial charge on any atom is -0.478 e. The molecule has 0 spiro atoms. The summed E-state index contributed by atoms with van der Waals surface area (Å²) in [5, 5.41) is 21.4. The highest BCUT2D eigenvalue weighted by Gasteiger charge is 2.23. The van der Waals surface area contributed by atoms with Gasteiger partial charge in [0.15, 0.2) is 0 Å². The number of hydrogen-bond acceptors (Lipinski definition) is 3. The third kappa shape index (κ3) is 3.51. The fourth-order valence-electron chi connectivity index (χ4n) is 1.31. The van der Waals surface area contributed by atoms with Crippen LogP contribution in [0.3, 0.4) is 0 Å². The summed E-state index contributed by atoms with van der Waals surface area (Å²) in [5.74, 6) is -1.56. The summed E-state index contributed by atoms with van der Waals surface area (Å²) in [6, 6.07) is 3.65. The second kappa shape index (κ2) is 5.46. The number of nitrogens with one attached hydrogen (secondary N) is 1. The maximum Gasteiger partial charge on any atom is 0.335 e. The molecule has 1 atom stereocenters. The molecule has 0 aromatic heterocycles. The van der Waals surface area contributed by atoms with Crippen LogP contribution in [0, 0.1) is 5.82 Å². The number of aromatic carboxylic acids is 1. The van der Waals surface area contributed by atoms with Gasteiger partial charge in [-0.05, 0) is 39.0 Å². The molecule has 0 fully saturated rings. The normalized spacial score (nSPS) is 13.4. The molecule has 5 heteroatoms. The van der Waals surface area contributed by atoms with Crippen molar-refractivity contribution in [1.29, 1.82) is 0 Å². The lowest BCUT2D eigenvalue weighted by molar-refractivity contribution is 0.0696. The van der Waals surface area contributed by atoms with E-state index in [1.54, 1.807) is 20.8 Å². The van der Waals surface area contributed by atoms with Gasteiger partial charge < -0.3 is 15.5 Å². The largest absolute Gasteiger partial charge is 0.478 e. The van der Waals surface area contributed by atoms with Gasteiger partial charge >= 0.3 is 5.97 Å². The molecule has 0 heterocycles. The first-order chi connectivity index (χ1) is 8.24. The predicted molar refractivity (Wildman–Crippen MR) is 66.0 cm³/mol. The number of aliphatic hydroxyl groups is 1. The Hall–Kier alpha value is -1.46. The maximum atomic E-state index is 13.5. The van der Waals surface area contributed by atoms with Crippen molar-refractivity contribution in [3.63, 3.8) is 0 Å². The molecular weight excluding hydrogens is 237 g/mol. The van der Waals surface area contributed by atoms with E-state index in [0.29, 0.717) is 0 Å². The van der Waals surface area contributed by atoms with E-state index in [9.17, 15) is 14.3 Å². The topological polar surface area (TPSA) is 69.6 Å². The molecule has 0 bridgehead atoms. The Balaban J connectivity index is 2.85. The molecule has 0 saturated carbocycles. The number of halogens is 1. The van der Waals surface area contributed by atoms with Crippen LogP contribution in [-0.2, 0) is 6.54 Å². The van der Waals surface area contributed by atoms with E-state index in [-0.39, 0.29) is 17.7 Å². The number of hydrogen-bond donors (Lipinski definition) is 3. The minimum atomic E-state index is -1.09. The van der Waals surface area contributed by atoms with Crippen molar-refractivity contribution in [3.8, 4) is 0 Å². The van der Waals surface area contributed by atoms with E-state index < -0.39 is 23.4 Å². The summed E-state index contributed by atoms with van der Waals surface area (Å²) < 4.78 is 13.5. The van der Waals surface area contributed by atoms with Crippen LogP contribution < -0.4 is 5.32 Å². The maximum absolute atomic E-state index is 13.5. The van der Waals surface area contributed by atoms with Gasteiger partial charge in [0, 0.05) is 17.6 Å². The van der Waals surface area contributed by atoms with Gasteiger partial charge in [-0.25, -0.2) is 9.18 Å². The van der Waals surface area contributed by atoms with E-state index in [2.05, 4.69) is 5.32 Å². The lowest BCUT2D eigenvalue weighted by atomic mass is 9.98. The van der Waals surface area contributed by atoms with E-state index in [0.717, 1.165) is 6.07 Å². The van der Waals surface area contributed by atoms with Gasteiger partial charge in [-0.3, -0.25) is 0 Å². The zero-order valence-electron chi connectivity index (χ0n) is 10.7. The third-order valence-corrected chi connectivity index (χ3v) is 3.07. The summed E-state index contributed by atoms with van der Waals surface area (Å²) in [6.07, 6.45) is -0.608. The SMILES string of the molecule is CC(O)C(C)(C)NCc1cc(C(=O)O)ccc1F. The number of aliphatic hydroxyl groups excluding tert-OH is 1. The molecule has 100 valence electrons. The Morgan fingerprint density at radius 2 is 2.11 bits per heavy atom. The van der Waals surface area contributed by atoms with Gasteiger partial charge in [-0.15, -0.1) is 0 Å². The van der Waals surface area contributed by atoms with Crippen LogP contribution in [0.5, 0.6) is 0 Å². The Morgan fingerprint density at radius 3 is 2.61 bits per heavy atom. The van der Waals surface area contributed by atoms with Crippen LogP contribution in [0.2, 0.25) is 0 Å². The molecular formula is C13H18FNO3. The Bertz CT molecular complexity index is 444. The zero-order valence-corrected chi connectivity index (χ0v) is 10.7. The molecule has 0 aliphatic heterocycles. The van der Waals surface area contributed by atoms with Gasteiger partial charge in [0.25, 0.3) is 0 Å². The van der Waals surface area contributed by atoms with Crippen molar-refractivity contribution < 1.29 is 19.4 Å². The molecule has 0 radical (unpaired) electrons. The monoisotopic (exact) mass is 255 g/mol. The predicted octanol–water partition coefficient (Wildman–Crippen LogP) is 1.77. The smallest absolute Gasteiger partial charge is 0.335 e. The van der Waals surface area contributed by atoms with Crippen LogP contribution in [-0.4, -0.2) is 27.8 Å². The summed E-state index contributed by atoms with van der Waals surface area (Å²) in [7, 11) is 0. The number of carboxylic acids is 1. The molecule has 18 heavy (non-hydrogen) atoms. The number of rotatable bonds is 5. The van der Waals surface area contributed by atoms with Gasteiger partial charge in [-0.1, -0.05) is 0 Å². The van der Waals surface area contributed by atoms with Crippen LogP contribution in [0.1, 0.15) is 36.7 Å². The molecule has 0 aliphatic rings. The molecule has 0 amide bonds. The van der Waals surface area contributed by atoms with E-state index in [4.69, 9.17) is 5.11 Å². The van der Waals surface area contributed by atoms with Gasteiger partial charge in [-0.2, -0.15) is 0 Å². The lowest BCUT2D eigenvalue weighted by Gasteiger charge is -2.29. The Morgan fingerprint density at radius 1 is 1.50 bits per heavy atom. The fraction of sp³-hybridized carbons (Fsp3) is 0.462. The highest BCUT2D eigenvalue weighted by Crippen LogP contribution is 2.14. The number of benzene rings is 1. The Labute approximate surface area is 105 Å².